The third-order valence-corrected chi connectivity index (χ3v) is 3.64. The van der Waals surface area contributed by atoms with Crippen molar-refractivity contribution in [1.29, 1.82) is 0 Å². The second-order valence-corrected chi connectivity index (χ2v) is 6.71. The van der Waals surface area contributed by atoms with Gasteiger partial charge in [-0.3, -0.25) is 4.79 Å². The van der Waals surface area contributed by atoms with E-state index in [0.29, 0.717) is 23.5 Å². The van der Waals surface area contributed by atoms with Crippen LogP contribution in [0.15, 0.2) is 0 Å². The third kappa shape index (κ3) is 8.46. The summed E-state index contributed by atoms with van der Waals surface area (Å²) in [6, 6.07) is -0.295. The Bertz CT molecular complexity index is 223. The molecule has 0 radical (unpaired) electrons. The molecule has 0 aliphatic rings. The van der Waals surface area contributed by atoms with Crippen molar-refractivity contribution >= 4 is 17.7 Å². The number of carboxylic acids is 1. The van der Waals surface area contributed by atoms with Gasteiger partial charge < -0.3 is 16.2 Å². The molecule has 0 aromatic carbocycles. The molecule has 4 N–H and O–H groups in total. The van der Waals surface area contributed by atoms with E-state index in [4.69, 9.17) is 5.73 Å². The minimum absolute atomic E-state index is 0.179. The Morgan fingerprint density at radius 2 is 1.94 bits per heavy atom. The number of hydrogen-bond acceptors (Lipinski definition) is 4. The standard InChI is InChI=1S/C12H26N2O2S/c1-8(2)14-11(12(15)16)7-10(5-6-13)17-9(3)4/h8-11,14H,5-7,13H2,1-4H3,(H,15,16). The molecule has 0 bridgehead atoms. The maximum atomic E-state index is 11.2. The summed E-state index contributed by atoms with van der Waals surface area (Å²) < 4.78 is 0. The van der Waals surface area contributed by atoms with Crippen LogP contribution in [-0.2, 0) is 4.79 Å². The maximum absolute atomic E-state index is 11.2. The first-order valence-corrected chi connectivity index (χ1v) is 7.15. The van der Waals surface area contributed by atoms with E-state index in [-0.39, 0.29) is 6.04 Å². The molecule has 17 heavy (non-hydrogen) atoms. The molecule has 102 valence electrons. The van der Waals surface area contributed by atoms with Crippen LogP contribution in [0.3, 0.4) is 0 Å². The molecular formula is C12H26N2O2S. The fourth-order valence-corrected chi connectivity index (χ4v) is 3.06. The zero-order valence-electron chi connectivity index (χ0n) is 11.3. The van der Waals surface area contributed by atoms with Gasteiger partial charge in [0, 0.05) is 11.3 Å². The summed E-state index contributed by atoms with van der Waals surface area (Å²) in [5.74, 6) is -0.773. The van der Waals surface area contributed by atoms with E-state index in [2.05, 4.69) is 19.2 Å². The topological polar surface area (TPSA) is 75.3 Å². The van der Waals surface area contributed by atoms with Crippen LogP contribution < -0.4 is 11.1 Å². The highest BCUT2D eigenvalue weighted by molar-refractivity contribution is 8.00. The Hall–Kier alpha value is -0.260. The predicted molar refractivity (Wildman–Crippen MR) is 74.5 cm³/mol. The van der Waals surface area contributed by atoms with Gasteiger partial charge in [0.1, 0.15) is 6.04 Å². The Kier molecular flexibility index (Phi) is 8.64. The molecule has 0 spiro atoms. The van der Waals surface area contributed by atoms with Crippen LogP contribution in [0.1, 0.15) is 40.5 Å². The highest BCUT2D eigenvalue weighted by atomic mass is 32.2. The molecule has 2 unspecified atom stereocenters. The lowest BCUT2D eigenvalue weighted by atomic mass is 10.1. The number of carboxylic acid groups (broad SMARTS) is 1. The second-order valence-electron chi connectivity index (χ2n) is 4.83. The van der Waals surface area contributed by atoms with E-state index in [1.54, 1.807) is 0 Å². The van der Waals surface area contributed by atoms with E-state index in [0.717, 1.165) is 6.42 Å². The molecule has 0 rings (SSSR count). The molecule has 0 aliphatic carbocycles. The first-order chi connectivity index (χ1) is 7.86. The van der Waals surface area contributed by atoms with Crippen LogP contribution in [0.2, 0.25) is 0 Å². The summed E-state index contributed by atoms with van der Waals surface area (Å²) in [6.45, 7) is 8.78. The van der Waals surface area contributed by atoms with E-state index in [1.165, 1.54) is 0 Å². The first kappa shape index (κ1) is 16.7. The Morgan fingerprint density at radius 3 is 2.29 bits per heavy atom. The molecule has 0 saturated carbocycles. The van der Waals surface area contributed by atoms with Crippen molar-refractivity contribution in [2.24, 2.45) is 5.73 Å². The Labute approximate surface area is 109 Å². The van der Waals surface area contributed by atoms with Crippen molar-refractivity contribution in [1.82, 2.24) is 5.32 Å². The van der Waals surface area contributed by atoms with Crippen molar-refractivity contribution in [3.05, 3.63) is 0 Å². The van der Waals surface area contributed by atoms with Gasteiger partial charge in [0.15, 0.2) is 0 Å². The van der Waals surface area contributed by atoms with Gasteiger partial charge in [0.05, 0.1) is 0 Å². The lowest BCUT2D eigenvalue weighted by Crippen LogP contribution is -2.43. The van der Waals surface area contributed by atoms with Gasteiger partial charge in [-0.25, -0.2) is 0 Å². The SMILES string of the molecule is CC(C)NC(CC(CCN)SC(C)C)C(=O)O. The average molecular weight is 262 g/mol. The first-order valence-electron chi connectivity index (χ1n) is 6.21. The van der Waals surface area contributed by atoms with E-state index in [9.17, 15) is 9.90 Å². The highest BCUT2D eigenvalue weighted by Crippen LogP contribution is 2.24. The zero-order chi connectivity index (χ0) is 13.4. The Balaban J connectivity index is 4.38. The van der Waals surface area contributed by atoms with Crippen molar-refractivity contribution in [2.45, 2.75) is 63.1 Å². The second kappa shape index (κ2) is 8.78. The predicted octanol–water partition coefficient (Wildman–Crippen LogP) is 1.69. The molecule has 0 aromatic rings. The van der Waals surface area contributed by atoms with Crippen molar-refractivity contribution < 1.29 is 9.90 Å². The van der Waals surface area contributed by atoms with Crippen LogP contribution in [-0.4, -0.2) is 40.2 Å². The molecule has 0 aliphatic heterocycles. The van der Waals surface area contributed by atoms with E-state index >= 15 is 0 Å². The number of aliphatic carboxylic acids is 1. The van der Waals surface area contributed by atoms with Crippen molar-refractivity contribution in [2.75, 3.05) is 6.54 Å². The lowest BCUT2D eigenvalue weighted by molar-refractivity contribution is -0.139. The van der Waals surface area contributed by atoms with E-state index in [1.807, 2.05) is 25.6 Å². The molecule has 5 heteroatoms. The number of thioether (sulfide) groups is 1. The fourth-order valence-electron chi connectivity index (χ4n) is 1.72. The van der Waals surface area contributed by atoms with E-state index < -0.39 is 12.0 Å². The van der Waals surface area contributed by atoms with Gasteiger partial charge in [0.25, 0.3) is 0 Å². The molecule has 0 fully saturated rings. The van der Waals surface area contributed by atoms with Crippen LogP contribution in [0.25, 0.3) is 0 Å². The van der Waals surface area contributed by atoms with Gasteiger partial charge in [-0.1, -0.05) is 27.7 Å². The number of nitrogens with two attached hydrogens (primary N) is 1. The van der Waals surface area contributed by atoms with Gasteiger partial charge >= 0.3 is 5.97 Å². The monoisotopic (exact) mass is 262 g/mol. The summed E-state index contributed by atoms with van der Waals surface area (Å²) in [5, 5.41) is 13.1. The lowest BCUT2D eigenvalue weighted by Gasteiger charge is -2.24. The number of hydrogen-bond donors (Lipinski definition) is 3. The van der Waals surface area contributed by atoms with Gasteiger partial charge in [-0.05, 0) is 24.6 Å². The zero-order valence-corrected chi connectivity index (χ0v) is 12.1. The van der Waals surface area contributed by atoms with Crippen molar-refractivity contribution in [3.63, 3.8) is 0 Å². The fraction of sp³-hybridized carbons (Fsp3) is 0.917. The molecule has 0 heterocycles. The molecule has 0 saturated heterocycles. The summed E-state index contributed by atoms with van der Waals surface area (Å²) in [4.78, 5) is 11.2. The Morgan fingerprint density at radius 1 is 1.35 bits per heavy atom. The number of rotatable bonds is 9. The van der Waals surface area contributed by atoms with Crippen molar-refractivity contribution in [3.8, 4) is 0 Å². The molecule has 0 aromatic heterocycles. The summed E-state index contributed by atoms with van der Waals surface area (Å²) in [6.07, 6.45) is 1.50. The summed E-state index contributed by atoms with van der Waals surface area (Å²) in [5.41, 5.74) is 5.58. The number of nitrogens with one attached hydrogen (secondary N) is 1. The van der Waals surface area contributed by atoms with Crippen LogP contribution in [0, 0.1) is 0 Å². The van der Waals surface area contributed by atoms with Gasteiger partial charge in [-0.15, -0.1) is 0 Å². The minimum atomic E-state index is -0.773. The molecule has 4 nitrogen and oxygen atoms in total. The minimum Gasteiger partial charge on any atom is -0.480 e. The van der Waals surface area contributed by atoms with Gasteiger partial charge in [0.2, 0.25) is 0 Å². The van der Waals surface area contributed by atoms with Crippen LogP contribution in [0.4, 0.5) is 0 Å². The summed E-state index contributed by atoms with van der Waals surface area (Å²) >= 11 is 1.81. The van der Waals surface area contributed by atoms with Crippen LogP contribution >= 0.6 is 11.8 Å². The average Bonchev–Trinajstić information content (AvgIpc) is 2.15. The summed E-state index contributed by atoms with van der Waals surface area (Å²) in [7, 11) is 0. The maximum Gasteiger partial charge on any atom is 0.320 e. The smallest absolute Gasteiger partial charge is 0.320 e. The van der Waals surface area contributed by atoms with Gasteiger partial charge in [-0.2, -0.15) is 11.8 Å². The number of carbonyl (C=O) groups is 1. The van der Waals surface area contributed by atoms with Crippen LogP contribution in [0.5, 0.6) is 0 Å². The molecule has 2 atom stereocenters. The normalized spacial score (nSPS) is 15.2. The molecule has 0 amide bonds. The third-order valence-electron chi connectivity index (χ3n) is 2.28. The molecular weight excluding hydrogens is 236 g/mol. The quantitative estimate of drug-likeness (QED) is 0.589. The largest absolute Gasteiger partial charge is 0.480 e. The highest BCUT2D eigenvalue weighted by Gasteiger charge is 2.23.